The zero-order valence-electron chi connectivity index (χ0n) is 14.3. The molecule has 4 nitrogen and oxygen atoms in total. The van der Waals surface area contributed by atoms with Gasteiger partial charge in [0.25, 0.3) is 0 Å². The lowest BCUT2D eigenvalue weighted by Crippen LogP contribution is -2.41. The summed E-state index contributed by atoms with van der Waals surface area (Å²) in [6.07, 6.45) is 13.4. The van der Waals surface area contributed by atoms with E-state index in [2.05, 4.69) is 18.0 Å². The summed E-state index contributed by atoms with van der Waals surface area (Å²) in [4.78, 5) is 22.2. The van der Waals surface area contributed by atoms with Crippen LogP contribution in [-0.4, -0.2) is 24.0 Å². The molecule has 0 aliphatic carbocycles. The summed E-state index contributed by atoms with van der Waals surface area (Å²) in [5, 5.41) is 2.77. The van der Waals surface area contributed by atoms with Gasteiger partial charge in [-0.1, -0.05) is 31.1 Å². The highest BCUT2D eigenvalue weighted by Gasteiger charge is 2.19. The van der Waals surface area contributed by atoms with E-state index >= 15 is 0 Å². The van der Waals surface area contributed by atoms with Crippen LogP contribution in [0.4, 0.5) is 0 Å². The van der Waals surface area contributed by atoms with Crippen molar-refractivity contribution in [2.24, 2.45) is 0 Å². The van der Waals surface area contributed by atoms with E-state index < -0.39 is 0 Å². The number of rotatable bonds is 12. The molecule has 0 aliphatic rings. The summed E-state index contributed by atoms with van der Waals surface area (Å²) >= 11 is 0. The highest BCUT2D eigenvalue weighted by Crippen LogP contribution is 2.09. The molecule has 126 valence electrons. The van der Waals surface area contributed by atoms with E-state index in [-0.39, 0.29) is 24.0 Å². The number of amides is 1. The highest BCUT2D eigenvalue weighted by molar-refractivity contribution is 5.73. The van der Waals surface area contributed by atoms with Crippen LogP contribution in [0.15, 0.2) is 24.8 Å². The molecule has 0 aromatic rings. The van der Waals surface area contributed by atoms with Crippen LogP contribution in [0, 0.1) is 0 Å². The molecule has 0 rings (SSSR count). The maximum absolute atomic E-state index is 11.1. The lowest BCUT2D eigenvalue weighted by Gasteiger charge is -2.23. The first-order valence-electron chi connectivity index (χ1n) is 8.17. The quantitative estimate of drug-likeness (QED) is 0.338. The molecule has 0 aromatic carbocycles. The van der Waals surface area contributed by atoms with Crippen molar-refractivity contribution in [1.82, 2.24) is 5.32 Å². The van der Waals surface area contributed by atoms with Crippen molar-refractivity contribution in [1.29, 1.82) is 0 Å². The first-order valence-corrected chi connectivity index (χ1v) is 8.17. The minimum absolute atomic E-state index is 0.117. The van der Waals surface area contributed by atoms with Gasteiger partial charge in [-0.15, -0.1) is 6.58 Å². The predicted molar refractivity (Wildman–Crippen MR) is 90.5 cm³/mol. The molecule has 0 saturated carbocycles. The summed E-state index contributed by atoms with van der Waals surface area (Å²) in [5.41, 5.74) is 0. The van der Waals surface area contributed by atoms with Gasteiger partial charge >= 0.3 is 5.97 Å². The zero-order valence-corrected chi connectivity index (χ0v) is 14.3. The van der Waals surface area contributed by atoms with Crippen LogP contribution in [0.3, 0.4) is 0 Å². The number of hydrogen-bond donors (Lipinski definition) is 1. The number of carbonyl (C=O) groups excluding carboxylic acids is 2. The average molecular weight is 309 g/mol. The van der Waals surface area contributed by atoms with Crippen molar-refractivity contribution in [3.8, 4) is 0 Å². The Morgan fingerprint density at radius 1 is 1.09 bits per heavy atom. The molecule has 0 bridgehead atoms. The molecule has 0 spiro atoms. The van der Waals surface area contributed by atoms with E-state index in [1.807, 2.05) is 19.1 Å². The number of allylic oxidation sites excluding steroid dienone is 2. The first kappa shape index (κ1) is 20.4. The minimum atomic E-state index is -0.321. The molecule has 0 heterocycles. The Labute approximate surface area is 135 Å². The molecule has 0 unspecified atom stereocenters. The smallest absolute Gasteiger partial charge is 0.302 e. The second-order valence-corrected chi connectivity index (χ2v) is 5.62. The Morgan fingerprint density at radius 2 is 1.73 bits per heavy atom. The molecule has 0 saturated heterocycles. The Bertz CT molecular complexity index is 363. The molecule has 0 aromatic heterocycles. The first-order chi connectivity index (χ1) is 10.5. The normalized spacial score (nSPS) is 13.6. The number of unbranched alkanes of at least 4 members (excludes halogenated alkanes) is 5. The Hall–Kier alpha value is -1.58. The van der Waals surface area contributed by atoms with E-state index in [1.54, 1.807) is 0 Å². The van der Waals surface area contributed by atoms with Crippen LogP contribution in [0.1, 0.15) is 65.7 Å². The topological polar surface area (TPSA) is 55.4 Å². The lowest BCUT2D eigenvalue weighted by atomic mass is 10.1. The Morgan fingerprint density at radius 3 is 2.27 bits per heavy atom. The van der Waals surface area contributed by atoms with Gasteiger partial charge in [-0.05, 0) is 32.6 Å². The van der Waals surface area contributed by atoms with E-state index in [4.69, 9.17) is 4.74 Å². The van der Waals surface area contributed by atoms with Gasteiger partial charge in [0.05, 0.1) is 6.04 Å². The molecular weight excluding hydrogens is 278 g/mol. The summed E-state index contributed by atoms with van der Waals surface area (Å²) in [5.74, 6) is -0.439. The molecule has 0 fully saturated rings. The molecule has 1 N–H and O–H groups in total. The number of ether oxygens (including phenoxy) is 1. The Kier molecular flexibility index (Phi) is 12.2. The fourth-order valence-electron chi connectivity index (χ4n) is 2.23. The molecule has 22 heavy (non-hydrogen) atoms. The molecule has 4 heteroatoms. The van der Waals surface area contributed by atoms with Gasteiger partial charge in [0, 0.05) is 20.3 Å². The van der Waals surface area contributed by atoms with Crippen molar-refractivity contribution in [2.75, 3.05) is 0 Å². The highest BCUT2D eigenvalue weighted by atomic mass is 16.5. The molecule has 0 radical (unpaired) electrons. The van der Waals surface area contributed by atoms with Crippen LogP contribution in [0.5, 0.6) is 0 Å². The van der Waals surface area contributed by atoms with Gasteiger partial charge in [-0.2, -0.15) is 0 Å². The standard InChI is InChI=1S/C18H31NO3/c1-5-6-7-8-9-10-11-12-13-14-18(22-17(4)21)15(2)19-16(3)20/h5,12-13,15,18H,1,6-11,14H2,2-4H3,(H,19,20)/b13-12+/t15-,18-/m0/s1. The lowest BCUT2D eigenvalue weighted by molar-refractivity contribution is -0.148. The van der Waals surface area contributed by atoms with Crippen LogP contribution >= 0.6 is 0 Å². The third kappa shape index (κ3) is 12.2. The van der Waals surface area contributed by atoms with Crippen LogP contribution in [0.2, 0.25) is 0 Å². The van der Waals surface area contributed by atoms with Gasteiger partial charge in [-0.25, -0.2) is 0 Å². The van der Waals surface area contributed by atoms with Gasteiger partial charge in [-0.3, -0.25) is 9.59 Å². The second-order valence-electron chi connectivity index (χ2n) is 5.62. The monoisotopic (exact) mass is 309 g/mol. The van der Waals surface area contributed by atoms with Crippen LogP contribution in [0.25, 0.3) is 0 Å². The van der Waals surface area contributed by atoms with E-state index in [0.717, 1.165) is 12.8 Å². The predicted octanol–water partition coefficient (Wildman–Crippen LogP) is 3.92. The third-order valence-corrected chi connectivity index (χ3v) is 3.37. The molecule has 1 amide bonds. The van der Waals surface area contributed by atoms with Gasteiger partial charge in [0.1, 0.15) is 6.10 Å². The fraction of sp³-hybridized carbons (Fsp3) is 0.667. The molecular formula is C18H31NO3. The van der Waals surface area contributed by atoms with Crippen molar-refractivity contribution >= 4 is 11.9 Å². The van der Waals surface area contributed by atoms with E-state index in [9.17, 15) is 9.59 Å². The van der Waals surface area contributed by atoms with Crippen LogP contribution in [-0.2, 0) is 14.3 Å². The fourth-order valence-corrected chi connectivity index (χ4v) is 2.23. The summed E-state index contributed by atoms with van der Waals surface area (Å²) in [6.45, 7) is 8.42. The maximum atomic E-state index is 11.1. The summed E-state index contributed by atoms with van der Waals surface area (Å²) < 4.78 is 5.27. The number of esters is 1. The summed E-state index contributed by atoms with van der Waals surface area (Å²) in [6, 6.07) is -0.190. The SMILES string of the molecule is C=CCCCCCC/C=C/C[C@H](OC(C)=O)[C@H](C)NC(C)=O. The zero-order chi connectivity index (χ0) is 16.8. The number of nitrogens with one attached hydrogen (secondary N) is 1. The Balaban J connectivity index is 4.00. The molecule has 2 atom stereocenters. The van der Waals surface area contributed by atoms with Crippen LogP contribution < -0.4 is 5.32 Å². The molecule has 0 aliphatic heterocycles. The van der Waals surface area contributed by atoms with E-state index in [0.29, 0.717) is 6.42 Å². The van der Waals surface area contributed by atoms with Gasteiger partial charge < -0.3 is 10.1 Å². The van der Waals surface area contributed by atoms with Crippen molar-refractivity contribution in [3.63, 3.8) is 0 Å². The van der Waals surface area contributed by atoms with Crippen molar-refractivity contribution in [2.45, 2.75) is 77.9 Å². The average Bonchev–Trinajstić information content (AvgIpc) is 2.43. The number of carbonyl (C=O) groups is 2. The van der Waals surface area contributed by atoms with E-state index in [1.165, 1.54) is 39.5 Å². The minimum Gasteiger partial charge on any atom is -0.460 e. The van der Waals surface area contributed by atoms with Gasteiger partial charge in [0.2, 0.25) is 5.91 Å². The van der Waals surface area contributed by atoms with Gasteiger partial charge in [0.15, 0.2) is 0 Å². The maximum Gasteiger partial charge on any atom is 0.302 e. The van der Waals surface area contributed by atoms with Crippen molar-refractivity contribution < 1.29 is 14.3 Å². The third-order valence-electron chi connectivity index (χ3n) is 3.37. The van der Waals surface area contributed by atoms with Crippen molar-refractivity contribution in [3.05, 3.63) is 24.8 Å². The largest absolute Gasteiger partial charge is 0.460 e. The number of hydrogen-bond acceptors (Lipinski definition) is 3. The second kappa shape index (κ2) is 13.1. The summed E-state index contributed by atoms with van der Waals surface area (Å²) in [7, 11) is 0.